The summed E-state index contributed by atoms with van der Waals surface area (Å²) in [6.45, 7) is 4.74. The van der Waals surface area contributed by atoms with Crippen LogP contribution < -0.4 is 4.74 Å². The first-order chi connectivity index (χ1) is 8.66. The number of benzene rings is 1. The van der Waals surface area contributed by atoms with Crippen LogP contribution in [0, 0.1) is 0 Å². The van der Waals surface area contributed by atoms with Crippen LogP contribution in [-0.2, 0) is 6.61 Å². The lowest BCUT2D eigenvalue weighted by Gasteiger charge is -2.13. The predicted octanol–water partition coefficient (Wildman–Crippen LogP) is 4.44. The van der Waals surface area contributed by atoms with E-state index in [2.05, 4.69) is 24.9 Å². The molecule has 0 atom stereocenters. The van der Waals surface area contributed by atoms with E-state index in [1.807, 2.05) is 30.3 Å². The van der Waals surface area contributed by atoms with Crippen molar-refractivity contribution in [1.82, 2.24) is 4.98 Å². The van der Waals surface area contributed by atoms with Crippen LogP contribution in [0.5, 0.6) is 5.75 Å². The van der Waals surface area contributed by atoms with Gasteiger partial charge in [-0.1, -0.05) is 49.7 Å². The highest BCUT2D eigenvalue weighted by Crippen LogP contribution is 2.26. The van der Waals surface area contributed by atoms with Crippen molar-refractivity contribution in [1.29, 1.82) is 0 Å². The molecule has 0 aliphatic heterocycles. The number of pyridine rings is 1. The number of para-hydroxylation sites is 1. The molecule has 0 N–H and O–H groups in total. The van der Waals surface area contributed by atoms with Crippen molar-refractivity contribution < 1.29 is 4.74 Å². The Morgan fingerprint density at radius 3 is 2.61 bits per heavy atom. The zero-order valence-electron chi connectivity index (χ0n) is 10.6. The normalized spacial score (nSPS) is 10.7. The molecule has 2 aromatic rings. The van der Waals surface area contributed by atoms with Gasteiger partial charge in [-0.05, 0) is 29.7 Å². The van der Waals surface area contributed by atoms with E-state index in [9.17, 15) is 0 Å². The molecule has 0 fully saturated rings. The van der Waals surface area contributed by atoms with E-state index >= 15 is 0 Å². The molecule has 2 nitrogen and oxygen atoms in total. The second-order valence-corrected chi connectivity index (χ2v) is 4.82. The minimum atomic E-state index is 0.435. The average molecular weight is 262 g/mol. The Kier molecular flexibility index (Phi) is 4.21. The summed E-state index contributed by atoms with van der Waals surface area (Å²) >= 11 is 5.84. The maximum Gasteiger partial charge on any atom is 0.130 e. The molecule has 0 aliphatic carbocycles. The highest BCUT2D eigenvalue weighted by atomic mass is 35.5. The second kappa shape index (κ2) is 5.87. The average Bonchev–Trinajstić information content (AvgIpc) is 2.37. The van der Waals surface area contributed by atoms with Gasteiger partial charge in [-0.3, -0.25) is 0 Å². The van der Waals surface area contributed by atoms with Crippen molar-refractivity contribution in [3.05, 3.63) is 58.9 Å². The fraction of sp³-hybridized carbons (Fsp3) is 0.267. The zero-order valence-corrected chi connectivity index (χ0v) is 11.3. The summed E-state index contributed by atoms with van der Waals surface area (Å²) in [5.74, 6) is 1.35. The van der Waals surface area contributed by atoms with E-state index in [1.54, 1.807) is 6.07 Å². The minimum absolute atomic E-state index is 0.435. The van der Waals surface area contributed by atoms with Gasteiger partial charge in [0.15, 0.2) is 0 Å². The standard InChI is InChI=1S/C15H16ClNO/c1-11(2)13-7-3-4-8-14(13)18-10-12-6-5-9-15(16)17-12/h3-9,11H,10H2,1-2H3. The molecule has 1 aromatic heterocycles. The van der Waals surface area contributed by atoms with Crippen molar-refractivity contribution in [2.75, 3.05) is 0 Å². The maximum atomic E-state index is 5.84. The Balaban J connectivity index is 2.11. The fourth-order valence-corrected chi connectivity index (χ4v) is 1.95. The molecule has 0 aliphatic rings. The van der Waals surface area contributed by atoms with Gasteiger partial charge in [0.25, 0.3) is 0 Å². The number of hydrogen-bond donors (Lipinski definition) is 0. The third-order valence-corrected chi connectivity index (χ3v) is 2.90. The van der Waals surface area contributed by atoms with Gasteiger partial charge >= 0.3 is 0 Å². The quantitative estimate of drug-likeness (QED) is 0.759. The second-order valence-electron chi connectivity index (χ2n) is 4.43. The molecule has 1 heterocycles. The Labute approximate surface area is 113 Å². The van der Waals surface area contributed by atoms with Gasteiger partial charge in [-0.25, -0.2) is 4.98 Å². The molecule has 3 heteroatoms. The first kappa shape index (κ1) is 12.9. The summed E-state index contributed by atoms with van der Waals surface area (Å²) in [6.07, 6.45) is 0. The van der Waals surface area contributed by atoms with Crippen molar-refractivity contribution in [2.24, 2.45) is 0 Å². The SMILES string of the molecule is CC(C)c1ccccc1OCc1cccc(Cl)n1. The molecule has 1 aromatic carbocycles. The molecule has 0 saturated heterocycles. The van der Waals surface area contributed by atoms with Crippen LogP contribution in [-0.4, -0.2) is 4.98 Å². The van der Waals surface area contributed by atoms with E-state index in [1.165, 1.54) is 5.56 Å². The highest BCUT2D eigenvalue weighted by molar-refractivity contribution is 6.29. The Morgan fingerprint density at radius 2 is 1.89 bits per heavy atom. The maximum absolute atomic E-state index is 5.84. The number of ether oxygens (including phenoxy) is 1. The van der Waals surface area contributed by atoms with Crippen molar-refractivity contribution >= 4 is 11.6 Å². The van der Waals surface area contributed by atoms with E-state index in [0.717, 1.165) is 11.4 Å². The van der Waals surface area contributed by atoms with Gasteiger partial charge in [-0.2, -0.15) is 0 Å². The number of hydrogen-bond acceptors (Lipinski definition) is 2. The van der Waals surface area contributed by atoms with Crippen LogP contribution in [0.15, 0.2) is 42.5 Å². The molecular formula is C15H16ClNO. The first-order valence-electron chi connectivity index (χ1n) is 6.00. The van der Waals surface area contributed by atoms with E-state index in [-0.39, 0.29) is 0 Å². The molecule has 18 heavy (non-hydrogen) atoms. The third-order valence-electron chi connectivity index (χ3n) is 2.69. The lowest BCUT2D eigenvalue weighted by atomic mass is 10.0. The minimum Gasteiger partial charge on any atom is -0.487 e. The summed E-state index contributed by atoms with van der Waals surface area (Å²) in [6, 6.07) is 13.6. The number of rotatable bonds is 4. The highest BCUT2D eigenvalue weighted by Gasteiger charge is 2.07. The van der Waals surface area contributed by atoms with E-state index in [0.29, 0.717) is 17.7 Å². The van der Waals surface area contributed by atoms with Crippen LogP contribution in [0.25, 0.3) is 0 Å². The largest absolute Gasteiger partial charge is 0.487 e. The Bertz CT molecular complexity index is 525. The van der Waals surface area contributed by atoms with Crippen molar-refractivity contribution in [3.8, 4) is 5.75 Å². The molecule has 0 spiro atoms. The monoisotopic (exact) mass is 261 g/mol. The van der Waals surface area contributed by atoms with E-state index in [4.69, 9.17) is 16.3 Å². The zero-order chi connectivity index (χ0) is 13.0. The summed E-state index contributed by atoms with van der Waals surface area (Å²) < 4.78 is 5.82. The fourth-order valence-electron chi connectivity index (χ4n) is 1.77. The molecule has 0 radical (unpaired) electrons. The van der Waals surface area contributed by atoms with Crippen LogP contribution in [0.2, 0.25) is 5.15 Å². The number of halogens is 1. The predicted molar refractivity (Wildman–Crippen MR) is 74.1 cm³/mol. The lowest BCUT2D eigenvalue weighted by Crippen LogP contribution is -2.01. The van der Waals surface area contributed by atoms with Crippen LogP contribution >= 0.6 is 11.6 Å². The van der Waals surface area contributed by atoms with Crippen LogP contribution in [0.4, 0.5) is 0 Å². The van der Waals surface area contributed by atoms with Gasteiger partial charge in [0, 0.05) is 0 Å². The summed E-state index contributed by atoms with van der Waals surface area (Å²) in [5.41, 5.74) is 2.04. The molecular weight excluding hydrogens is 246 g/mol. The smallest absolute Gasteiger partial charge is 0.130 e. The summed E-state index contributed by atoms with van der Waals surface area (Å²) in [5, 5.41) is 0.494. The third kappa shape index (κ3) is 3.23. The topological polar surface area (TPSA) is 22.1 Å². The van der Waals surface area contributed by atoms with Crippen molar-refractivity contribution in [2.45, 2.75) is 26.4 Å². The van der Waals surface area contributed by atoms with Gasteiger partial charge in [-0.15, -0.1) is 0 Å². The Hall–Kier alpha value is -1.54. The van der Waals surface area contributed by atoms with Gasteiger partial charge < -0.3 is 4.74 Å². The van der Waals surface area contributed by atoms with Gasteiger partial charge in [0.1, 0.15) is 17.5 Å². The summed E-state index contributed by atoms with van der Waals surface area (Å²) in [4.78, 5) is 4.20. The summed E-state index contributed by atoms with van der Waals surface area (Å²) in [7, 11) is 0. The molecule has 0 amide bonds. The Morgan fingerprint density at radius 1 is 1.11 bits per heavy atom. The lowest BCUT2D eigenvalue weighted by molar-refractivity contribution is 0.297. The number of nitrogens with zero attached hydrogens (tertiary/aromatic N) is 1. The molecule has 2 rings (SSSR count). The van der Waals surface area contributed by atoms with Crippen molar-refractivity contribution in [3.63, 3.8) is 0 Å². The number of aromatic nitrogens is 1. The van der Waals surface area contributed by atoms with Crippen LogP contribution in [0.1, 0.15) is 31.0 Å². The molecule has 94 valence electrons. The molecule has 0 bridgehead atoms. The van der Waals surface area contributed by atoms with E-state index < -0.39 is 0 Å². The van der Waals surface area contributed by atoms with Crippen LogP contribution in [0.3, 0.4) is 0 Å². The molecule has 0 unspecified atom stereocenters. The first-order valence-corrected chi connectivity index (χ1v) is 6.38. The van der Waals surface area contributed by atoms with Gasteiger partial charge in [0.2, 0.25) is 0 Å². The molecule has 0 saturated carbocycles. The van der Waals surface area contributed by atoms with Gasteiger partial charge in [0.05, 0.1) is 5.69 Å².